The van der Waals surface area contributed by atoms with Gasteiger partial charge in [-0.25, -0.2) is 0 Å². The molecule has 4 nitrogen and oxygen atoms in total. The van der Waals surface area contributed by atoms with E-state index in [0.29, 0.717) is 19.6 Å². The Labute approximate surface area is 178 Å². The highest BCUT2D eigenvalue weighted by atomic mass is 79.9. The number of nitrogens with one attached hydrogen (secondary N) is 1. The normalized spacial score (nSPS) is 18.0. The molecule has 1 aromatic heterocycles. The van der Waals surface area contributed by atoms with Gasteiger partial charge < -0.3 is 14.5 Å². The van der Waals surface area contributed by atoms with E-state index in [9.17, 15) is 4.79 Å². The molecule has 5 rings (SSSR count). The first-order valence-electron chi connectivity index (χ1n) is 10.3. The summed E-state index contributed by atoms with van der Waals surface area (Å²) in [5, 5.41) is 4.42. The van der Waals surface area contributed by atoms with Crippen molar-refractivity contribution < 1.29 is 13.9 Å². The molecule has 2 aromatic carbocycles. The molecule has 0 saturated carbocycles. The highest BCUT2D eigenvalue weighted by molar-refractivity contribution is 9.10. The molecule has 150 valence electrons. The van der Waals surface area contributed by atoms with Crippen molar-refractivity contribution in [1.29, 1.82) is 0 Å². The lowest BCUT2D eigenvalue weighted by atomic mass is 9.82. The fraction of sp³-hybridized carbons (Fsp3) is 0.375. The van der Waals surface area contributed by atoms with Gasteiger partial charge in [-0.3, -0.25) is 4.79 Å². The minimum atomic E-state index is -0.389. The van der Waals surface area contributed by atoms with Crippen molar-refractivity contribution in [2.45, 2.75) is 44.1 Å². The van der Waals surface area contributed by atoms with Gasteiger partial charge in [0.25, 0.3) is 0 Å². The molecule has 1 amide bonds. The van der Waals surface area contributed by atoms with Gasteiger partial charge in [-0.2, -0.15) is 0 Å². The number of amides is 1. The van der Waals surface area contributed by atoms with E-state index in [1.165, 1.54) is 17.5 Å². The zero-order chi connectivity index (χ0) is 19.8. The number of carbonyl (C=O) groups is 1. The van der Waals surface area contributed by atoms with E-state index in [1.54, 1.807) is 6.26 Å². The van der Waals surface area contributed by atoms with Gasteiger partial charge in [0.05, 0.1) is 18.2 Å². The summed E-state index contributed by atoms with van der Waals surface area (Å²) in [6, 6.07) is 12.6. The van der Waals surface area contributed by atoms with Gasteiger partial charge in [-0.15, -0.1) is 0 Å². The van der Waals surface area contributed by atoms with E-state index in [4.69, 9.17) is 9.15 Å². The van der Waals surface area contributed by atoms with E-state index in [0.717, 1.165) is 52.3 Å². The molecule has 3 aromatic rings. The summed E-state index contributed by atoms with van der Waals surface area (Å²) in [5.41, 5.74) is 5.37. The van der Waals surface area contributed by atoms with Crippen LogP contribution in [-0.2, 0) is 34.3 Å². The van der Waals surface area contributed by atoms with Gasteiger partial charge in [0.2, 0.25) is 5.91 Å². The van der Waals surface area contributed by atoms with Crippen LogP contribution in [0.3, 0.4) is 0 Å². The molecular formula is C24H24BrNO3. The number of rotatable bonds is 4. The third-order valence-electron chi connectivity index (χ3n) is 6.32. The van der Waals surface area contributed by atoms with Crippen LogP contribution in [0.25, 0.3) is 11.0 Å². The molecule has 2 aliphatic rings. The van der Waals surface area contributed by atoms with Crippen LogP contribution in [0.4, 0.5) is 0 Å². The maximum atomic E-state index is 13.1. The summed E-state index contributed by atoms with van der Waals surface area (Å²) in [5.74, 6) is 0.0232. The Morgan fingerprint density at radius 3 is 2.69 bits per heavy atom. The fourth-order valence-electron chi connectivity index (χ4n) is 4.76. The van der Waals surface area contributed by atoms with Crippen LogP contribution in [0.2, 0.25) is 0 Å². The zero-order valence-corrected chi connectivity index (χ0v) is 17.9. The van der Waals surface area contributed by atoms with Crippen molar-refractivity contribution in [2.24, 2.45) is 0 Å². The number of halogens is 1. The van der Waals surface area contributed by atoms with Gasteiger partial charge in [0, 0.05) is 28.6 Å². The second kappa shape index (κ2) is 7.62. The number of fused-ring (bicyclic) bond motifs is 2. The molecule has 0 radical (unpaired) electrons. The number of aryl methyl sites for hydroxylation is 2. The van der Waals surface area contributed by atoms with Crippen LogP contribution in [0.5, 0.6) is 0 Å². The molecule has 1 aliphatic heterocycles. The Morgan fingerprint density at radius 2 is 1.90 bits per heavy atom. The standard InChI is InChI=1S/C24H24BrNO3/c25-20-6-2-5-19(14-20)24(7-9-28-10-8-24)26-23(27)13-18-15-29-22-12-17-4-1-3-16(17)11-21(18)22/h2,5-6,11-12,14-15H,1,3-4,7-10,13H2,(H,26,27). The largest absolute Gasteiger partial charge is 0.464 e. The van der Waals surface area contributed by atoms with Crippen molar-refractivity contribution in [3.8, 4) is 0 Å². The lowest BCUT2D eigenvalue weighted by molar-refractivity contribution is -0.123. The van der Waals surface area contributed by atoms with Gasteiger partial charge in [-0.05, 0) is 73.1 Å². The van der Waals surface area contributed by atoms with Crippen LogP contribution in [0, 0.1) is 0 Å². The summed E-state index contributed by atoms with van der Waals surface area (Å²) >= 11 is 3.56. The summed E-state index contributed by atoms with van der Waals surface area (Å²) in [4.78, 5) is 13.1. The van der Waals surface area contributed by atoms with Gasteiger partial charge in [-0.1, -0.05) is 28.1 Å². The molecule has 0 atom stereocenters. The van der Waals surface area contributed by atoms with Crippen LogP contribution in [-0.4, -0.2) is 19.1 Å². The SMILES string of the molecule is O=C(Cc1coc2cc3c(cc12)CCC3)NC1(c2cccc(Br)c2)CCOCC1. The third-order valence-corrected chi connectivity index (χ3v) is 6.81. The summed E-state index contributed by atoms with van der Waals surface area (Å²) in [7, 11) is 0. The molecule has 1 aliphatic carbocycles. The second-order valence-corrected chi connectivity index (χ2v) is 9.08. The molecule has 0 spiro atoms. The number of hydrogen-bond acceptors (Lipinski definition) is 3. The van der Waals surface area contributed by atoms with E-state index in [2.05, 4.69) is 45.5 Å². The average Bonchev–Trinajstić information content (AvgIpc) is 3.33. The topological polar surface area (TPSA) is 51.5 Å². The Bertz CT molecular complexity index is 1070. The van der Waals surface area contributed by atoms with Crippen molar-refractivity contribution in [3.05, 3.63) is 69.4 Å². The molecule has 1 N–H and O–H groups in total. The second-order valence-electron chi connectivity index (χ2n) is 8.16. The van der Waals surface area contributed by atoms with Crippen LogP contribution >= 0.6 is 15.9 Å². The molecule has 1 fully saturated rings. The van der Waals surface area contributed by atoms with Gasteiger partial charge in [0.15, 0.2) is 0 Å². The highest BCUT2D eigenvalue weighted by Crippen LogP contribution is 2.34. The maximum Gasteiger partial charge on any atom is 0.225 e. The Hall–Kier alpha value is -2.11. The first-order valence-corrected chi connectivity index (χ1v) is 11.1. The van der Waals surface area contributed by atoms with Crippen molar-refractivity contribution in [1.82, 2.24) is 5.32 Å². The molecule has 5 heteroatoms. The number of hydrogen-bond donors (Lipinski definition) is 1. The summed E-state index contributed by atoms with van der Waals surface area (Å²) in [6.07, 6.45) is 7.06. The highest BCUT2D eigenvalue weighted by Gasteiger charge is 2.36. The molecule has 0 unspecified atom stereocenters. The first kappa shape index (κ1) is 18.9. The minimum absolute atomic E-state index is 0.0232. The van der Waals surface area contributed by atoms with Crippen LogP contribution in [0.1, 0.15) is 41.5 Å². The smallest absolute Gasteiger partial charge is 0.225 e. The van der Waals surface area contributed by atoms with E-state index < -0.39 is 0 Å². The Morgan fingerprint density at radius 1 is 1.10 bits per heavy atom. The summed E-state index contributed by atoms with van der Waals surface area (Å²) < 4.78 is 12.4. The number of furan rings is 1. The predicted octanol–water partition coefficient (Wildman–Crippen LogP) is 5.05. The zero-order valence-electron chi connectivity index (χ0n) is 16.3. The quantitative estimate of drug-likeness (QED) is 0.601. The van der Waals surface area contributed by atoms with Crippen molar-refractivity contribution in [2.75, 3.05) is 13.2 Å². The van der Waals surface area contributed by atoms with E-state index >= 15 is 0 Å². The third kappa shape index (κ3) is 3.62. The van der Waals surface area contributed by atoms with Gasteiger partial charge in [0.1, 0.15) is 5.58 Å². The number of carbonyl (C=O) groups excluding carboxylic acids is 1. The monoisotopic (exact) mass is 453 g/mol. The molecule has 1 saturated heterocycles. The Kier molecular flexibility index (Phi) is 4.96. The Balaban J connectivity index is 1.41. The van der Waals surface area contributed by atoms with Crippen molar-refractivity contribution in [3.63, 3.8) is 0 Å². The lowest BCUT2D eigenvalue weighted by Gasteiger charge is -2.38. The lowest BCUT2D eigenvalue weighted by Crippen LogP contribution is -2.50. The molecule has 2 heterocycles. The number of ether oxygens (including phenoxy) is 1. The van der Waals surface area contributed by atoms with E-state index in [-0.39, 0.29) is 11.4 Å². The van der Waals surface area contributed by atoms with Crippen LogP contribution in [0.15, 0.2) is 51.6 Å². The van der Waals surface area contributed by atoms with Crippen LogP contribution < -0.4 is 5.32 Å². The fourth-order valence-corrected chi connectivity index (χ4v) is 5.16. The van der Waals surface area contributed by atoms with E-state index in [1.807, 2.05) is 12.1 Å². The maximum absolute atomic E-state index is 13.1. The molecule has 0 bridgehead atoms. The van der Waals surface area contributed by atoms with Gasteiger partial charge >= 0.3 is 0 Å². The first-order chi connectivity index (χ1) is 14.1. The summed E-state index contributed by atoms with van der Waals surface area (Å²) in [6.45, 7) is 1.29. The average molecular weight is 454 g/mol. The number of benzene rings is 2. The molecular weight excluding hydrogens is 430 g/mol. The van der Waals surface area contributed by atoms with Crippen molar-refractivity contribution >= 4 is 32.8 Å². The minimum Gasteiger partial charge on any atom is -0.464 e. The predicted molar refractivity (Wildman–Crippen MR) is 116 cm³/mol. The molecule has 29 heavy (non-hydrogen) atoms.